The molecule has 2 heterocycles. The standard InChI is InChI=1S/C14H10BrClN4/c15-14-10(16)2-1-3-11(14)20-8-18-7-12(20)9-4-5-13(17)19-6-9/h1-8H,(H2,17,19). The first-order chi connectivity index (χ1) is 9.66. The smallest absolute Gasteiger partial charge is 0.123 e. The summed E-state index contributed by atoms with van der Waals surface area (Å²) in [4.78, 5) is 8.32. The van der Waals surface area contributed by atoms with E-state index >= 15 is 0 Å². The third-order valence-corrected chi connectivity index (χ3v) is 4.29. The van der Waals surface area contributed by atoms with Gasteiger partial charge in [-0.2, -0.15) is 0 Å². The lowest BCUT2D eigenvalue weighted by atomic mass is 10.2. The van der Waals surface area contributed by atoms with Crippen molar-refractivity contribution >= 4 is 33.3 Å². The van der Waals surface area contributed by atoms with Gasteiger partial charge in [0.1, 0.15) is 5.82 Å². The minimum absolute atomic E-state index is 0.490. The summed E-state index contributed by atoms with van der Waals surface area (Å²) < 4.78 is 2.77. The first kappa shape index (κ1) is 13.1. The van der Waals surface area contributed by atoms with Gasteiger partial charge < -0.3 is 5.73 Å². The molecule has 0 spiro atoms. The Bertz CT molecular complexity index is 752. The van der Waals surface area contributed by atoms with Crippen molar-refractivity contribution in [3.8, 4) is 16.9 Å². The lowest BCUT2D eigenvalue weighted by Gasteiger charge is -2.11. The van der Waals surface area contributed by atoms with Crippen LogP contribution >= 0.6 is 27.5 Å². The fourth-order valence-electron chi connectivity index (χ4n) is 1.94. The predicted molar refractivity (Wildman–Crippen MR) is 83.9 cm³/mol. The number of anilines is 1. The first-order valence-electron chi connectivity index (χ1n) is 5.85. The molecule has 0 aliphatic heterocycles. The van der Waals surface area contributed by atoms with Crippen molar-refractivity contribution in [2.75, 3.05) is 5.73 Å². The van der Waals surface area contributed by atoms with E-state index in [-0.39, 0.29) is 0 Å². The number of hydrogen-bond donors (Lipinski definition) is 1. The fourth-order valence-corrected chi connectivity index (χ4v) is 2.56. The van der Waals surface area contributed by atoms with Crippen LogP contribution in [-0.2, 0) is 0 Å². The number of imidazole rings is 1. The molecule has 0 atom stereocenters. The average Bonchev–Trinajstić information content (AvgIpc) is 2.92. The van der Waals surface area contributed by atoms with Crippen molar-refractivity contribution in [3.63, 3.8) is 0 Å². The van der Waals surface area contributed by atoms with Gasteiger partial charge in [-0.25, -0.2) is 9.97 Å². The molecule has 0 saturated carbocycles. The Hall–Kier alpha value is -1.85. The van der Waals surface area contributed by atoms with E-state index in [9.17, 15) is 0 Å². The zero-order valence-electron chi connectivity index (χ0n) is 10.3. The quantitative estimate of drug-likeness (QED) is 0.762. The van der Waals surface area contributed by atoms with Crippen molar-refractivity contribution < 1.29 is 0 Å². The Morgan fingerprint density at radius 1 is 1.15 bits per heavy atom. The van der Waals surface area contributed by atoms with Crippen LogP contribution in [0, 0.1) is 0 Å². The van der Waals surface area contributed by atoms with Crippen molar-refractivity contribution in [2.24, 2.45) is 0 Å². The molecule has 20 heavy (non-hydrogen) atoms. The van der Waals surface area contributed by atoms with E-state index in [4.69, 9.17) is 17.3 Å². The van der Waals surface area contributed by atoms with E-state index < -0.39 is 0 Å². The Balaban J connectivity index is 2.15. The fraction of sp³-hybridized carbons (Fsp3) is 0. The summed E-state index contributed by atoms with van der Waals surface area (Å²) in [5, 5.41) is 0.651. The number of hydrogen-bond acceptors (Lipinski definition) is 3. The molecule has 6 heteroatoms. The van der Waals surface area contributed by atoms with E-state index in [1.165, 1.54) is 0 Å². The first-order valence-corrected chi connectivity index (χ1v) is 7.02. The van der Waals surface area contributed by atoms with Gasteiger partial charge in [-0.15, -0.1) is 0 Å². The number of nitrogens with two attached hydrogens (primary N) is 1. The molecule has 2 N–H and O–H groups in total. The molecule has 0 saturated heterocycles. The Labute approximate surface area is 129 Å². The monoisotopic (exact) mass is 348 g/mol. The lowest BCUT2D eigenvalue weighted by molar-refractivity contribution is 1.05. The molecule has 2 aromatic heterocycles. The van der Waals surface area contributed by atoms with E-state index in [0.717, 1.165) is 21.4 Å². The van der Waals surface area contributed by atoms with Crippen molar-refractivity contribution in [1.29, 1.82) is 0 Å². The molecule has 0 unspecified atom stereocenters. The zero-order chi connectivity index (χ0) is 14.1. The van der Waals surface area contributed by atoms with Crippen LogP contribution in [0.3, 0.4) is 0 Å². The molecule has 0 aliphatic rings. The van der Waals surface area contributed by atoms with E-state index in [1.54, 1.807) is 24.8 Å². The van der Waals surface area contributed by atoms with E-state index in [0.29, 0.717) is 10.8 Å². The minimum atomic E-state index is 0.490. The predicted octanol–water partition coefficient (Wildman–Crippen LogP) is 3.93. The molecule has 1 aromatic carbocycles. The number of pyridine rings is 1. The van der Waals surface area contributed by atoms with Gasteiger partial charge in [0.05, 0.1) is 33.4 Å². The van der Waals surface area contributed by atoms with Gasteiger partial charge in [0.15, 0.2) is 0 Å². The van der Waals surface area contributed by atoms with Gasteiger partial charge in [-0.3, -0.25) is 4.57 Å². The topological polar surface area (TPSA) is 56.7 Å². The molecule has 100 valence electrons. The number of rotatable bonds is 2. The van der Waals surface area contributed by atoms with Crippen LogP contribution in [0.1, 0.15) is 0 Å². The Kier molecular flexibility index (Phi) is 3.46. The van der Waals surface area contributed by atoms with Gasteiger partial charge in [-0.1, -0.05) is 17.7 Å². The van der Waals surface area contributed by atoms with Crippen molar-refractivity contribution in [1.82, 2.24) is 14.5 Å². The maximum absolute atomic E-state index is 6.14. The molecule has 0 aliphatic carbocycles. The van der Waals surface area contributed by atoms with E-state index in [1.807, 2.05) is 28.8 Å². The molecule has 3 rings (SSSR count). The second kappa shape index (κ2) is 5.26. The van der Waals surface area contributed by atoms with Gasteiger partial charge in [-0.05, 0) is 40.2 Å². The van der Waals surface area contributed by atoms with Gasteiger partial charge >= 0.3 is 0 Å². The SMILES string of the molecule is Nc1ccc(-c2cncn2-c2cccc(Cl)c2Br)cn1. The summed E-state index contributed by atoms with van der Waals surface area (Å²) in [5.74, 6) is 0.490. The Morgan fingerprint density at radius 3 is 2.75 bits per heavy atom. The number of benzene rings is 1. The highest BCUT2D eigenvalue weighted by Gasteiger charge is 2.11. The summed E-state index contributed by atoms with van der Waals surface area (Å²) in [7, 11) is 0. The van der Waals surface area contributed by atoms with Gasteiger partial charge in [0, 0.05) is 11.8 Å². The number of halogens is 2. The van der Waals surface area contributed by atoms with Crippen LogP contribution < -0.4 is 5.73 Å². The third-order valence-electron chi connectivity index (χ3n) is 2.91. The molecule has 0 bridgehead atoms. The van der Waals surface area contributed by atoms with Gasteiger partial charge in [0.2, 0.25) is 0 Å². The molecule has 0 radical (unpaired) electrons. The van der Waals surface area contributed by atoms with Crippen LogP contribution in [0.5, 0.6) is 0 Å². The summed E-state index contributed by atoms with van der Waals surface area (Å²) >= 11 is 9.64. The number of nitrogen functional groups attached to an aromatic ring is 1. The average molecular weight is 350 g/mol. The number of aromatic nitrogens is 3. The summed E-state index contributed by atoms with van der Waals surface area (Å²) in [6, 6.07) is 9.36. The molecule has 0 amide bonds. The highest BCUT2D eigenvalue weighted by atomic mass is 79.9. The lowest BCUT2D eigenvalue weighted by Crippen LogP contribution is -1.97. The van der Waals surface area contributed by atoms with Gasteiger partial charge in [0.25, 0.3) is 0 Å². The van der Waals surface area contributed by atoms with Crippen molar-refractivity contribution in [2.45, 2.75) is 0 Å². The maximum Gasteiger partial charge on any atom is 0.123 e. The van der Waals surface area contributed by atoms with E-state index in [2.05, 4.69) is 25.9 Å². The van der Waals surface area contributed by atoms with Crippen LogP contribution in [0.15, 0.2) is 53.5 Å². The summed E-state index contributed by atoms with van der Waals surface area (Å²) in [6.07, 6.45) is 5.24. The van der Waals surface area contributed by atoms with Crippen LogP contribution in [0.25, 0.3) is 16.9 Å². The second-order valence-electron chi connectivity index (χ2n) is 4.19. The second-order valence-corrected chi connectivity index (χ2v) is 5.39. The third kappa shape index (κ3) is 2.30. The normalized spacial score (nSPS) is 10.7. The highest BCUT2D eigenvalue weighted by Crippen LogP contribution is 2.31. The largest absolute Gasteiger partial charge is 0.384 e. The molecule has 0 fully saturated rings. The molecular formula is C14H10BrClN4. The summed E-state index contributed by atoms with van der Waals surface area (Å²) in [6.45, 7) is 0. The maximum atomic E-state index is 6.14. The Morgan fingerprint density at radius 2 is 2.00 bits per heavy atom. The summed E-state index contributed by atoms with van der Waals surface area (Å²) in [5.41, 5.74) is 8.38. The van der Waals surface area contributed by atoms with Crippen LogP contribution in [0.2, 0.25) is 5.02 Å². The molecular weight excluding hydrogens is 340 g/mol. The minimum Gasteiger partial charge on any atom is -0.384 e. The molecule has 3 aromatic rings. The van der Waals surface area contributed by atoms with Crippen LogP contribution in [-0.4, -0.2) is 14.5 Å². The highest BCUT2D eigenvalue weighted by molar-refractivity contribution is 9.10. The molecule has 4 nitrogen and oxygen atoms in total. The van der Waals surface area contributed by atoms with Crippen molar-refractivity contribution in [3.05, 3.63) is 58.5 Å². The number of nitrogens with zero attached hydrogens (tertiary/aromatic N) is 3. The zero-order valence-corrected chi connectivity index (χ0v) is 12.6. The van der Waals surface area contributed by atoms with Crippen LogP contribution in [0.4, 0.5) is 5.82 Å².